The molecule has 1 aromatic carbocycles. The Bertz CT molecular complexity index is 851. The average molecular weight is 452 g/mol. The molecule has 2 rings (SSSR count). The minimum absolute atomic E-state index is 0.211. The second kappa shape index (κ2) is 8.39. The van der Waals surface area contributed by atoms with Crippen molar-refractivity contribution >= 4 is 69.7 Å². The number of nitrogens with zero attached hydrogens (tertiary/aromatic N) is 1. The van der Waals surface area contributed by atoms with Crippen molar-refractivity contribution in [3.05, 3.63) is 39.4 Å². The van der Waals surface area contributed by atoms with Crippen LogP contribution in [0.1, 0.15) is 26.3 Å². The third-order valence-corrected chi connectivity index (χ3v) is 6.51. The Morgan fingerprint density at radius 1 is 1.26 bits per heavy atom. The Kier molecular flexibility index (Phi) is 6.85. The maximum absolute atomic E-state index is 12.3. The van der Waals surface area contributed by atoms with E-state index in [1.807, 2.05) is 0 Å². The number of aryl methyl sites for hydroxylation is 1. The number of rotatable bonds is 3. The molecule has 0 radical (unpaired) electrons. The lowest BCUT2D eigenvalue weighted by atomic mass is 9.79. The number of allylic oxidation sites excluding steroid dienone is 2. The number of amides is 1. The number of oxime groups is 1. The first-order chi connectivity index (χ1) is 12.5. The normalized spacial score (nSPS) is 24.2. The summed E-state index contributed by atoms with van der Waals surface area (Å²) in [6.07, 6.45) is 0.463. The number of carbonyl (C=O) groups excluding carboxylic acids is 2. The third-order valence-electron chi connectivity index (χ3n) is 4.29. The highest BCUT2D eigenvalue weighted by atomic mass is 35.5. The fourth-order valence-electron chi connectivity index (χ4n) is 2.57. The molecule has 27 heavy (non-hydrogen) atoms. The van der Waals surface area contributed by atoms with E-state index < -0.39 is 16.3 Å². The molecular formula is C18H18Cl4N2O3. The van der Waals surface area contributed by atoms with Crippen molar-refractivity contribution in [2.24, 2.45) is 11.1 Å². The lowest BCUT2D eigenvalue weighted by Gasteiger charge is -2.36. The van der Waals surface area contributed by atoms with Crippen LogP contribution in [0.15, 0.2) is 28.9 Å². The Hall–Kier alpha value is -1.27. The summed E-state index contributed by atoms with van der Waals surface area (Å²) < 4.78 is 0. The minimum atomic E-state index is -1.37. The predicted octanol–water partition coefficient (Wildman–Crippen LogP) is 5.98. The number of hydrogen-bond acceptors (Lipinski definition) is 4. The van der Waals surface area contributed by atoms with E-state index in [-0.39, 0.29) is 23.1 Å². The van der Waals surface area contributed by atoms with Crippen molar-refractivity contribution in [1.29, 1.82) is 0 Å². The van der Waals surface area contributed by atoms with Crippen LogP contribution in [0.2, 0.25) is 10.0 Å². The van der Waals surface area contributed by atoms with Crippen molar-refractivity contribution in [2.75, 3.05) is 5.32 Å². The highest BCUT2D eigenvalue weighted by Gasteiger charge is 2.50. The van der Waals surface area contributed by atoms with Gasteiger partial charge in [0.25, 0.3) is 0 Å². The minimum Gasteiger partial charge on any atom is -0.297 e. The number of anilines is 1. The molecule has 0 heterocycles. The molecule has 146 valence electrons. The summed E-state index contributed by atoms with van der Waals surface area (Å²) in [5.41, 5.74) is 1.73. The zero-order valence-corrected chi connectivity index (χ0v) is 18.1. The van der Waals surface area contributed by atoms with Crippen LogP contribution in [0, 0.1) is 12.8 Å². The Morgan fingerprint density at radius 3 is 2.48 bits per heavy atom. The summed E-state index contributed by atoms with van der Waals surface area (Å²) in [6.45, 7) is 6.99. The van der Waals surface area contributed by atoms with Gasteiger partial charge in [-0.3, -0.25) is 14.9 Å². The monoisotopic (exact) mass is 450 g/mol. The maximum Gasteiger partial charge on any atom is 0.437 e. The molecule has 2 atom stereocenters. The summed E-state index contributed by atoms with van der Waals surface area (Å²) in [4.78, 5) is 27.9. The highest BCUT2D eigenvalue weighted by Crippen LogP contribution is 2.39. The summed E-state index contributed by atoms with van der Waals surface area (Å²) in [7, 11) is 0. The molecule has 1 aliphatic carbocycles. The number of ketones is 1. The molecule has 0 spiro atoms. The number of benzene rings is 1. The van der Waals surface area contributed by atoms with Gasteiger partial charge in [0.1, 0.15) is 16.0 Å². The number of nitrogens with one attached hydrogen (secondary N) is 1. The van der Waals surface area contributed by atoms with Crippen molar-refractivity contribution in [2.45, 2.75) is 37.9 Å². The predicted molar refractivity (Wildman–Crippen MR) is 111 cm³/mol. The molecule has 0 aliphatic heterocycles. The maximum atomic E-state index is 12.3. The van der Waals surface area contributed by atoms with Gasteiger partial charge in [-0.1, -0.05) is 42.2 Å². The van der Waals surface area contributed by atoms with Crippen molar-refractivity contribution in [3.8, 4) is 0 Å². The van der Waals surface area contributed by atoms with Gasteiger partial charge in [-0.25, -0.2) is 4.79 Å². The fraction of sp³-hybridized carbons (Fsp3) is 0.389. The summed E-state index contributed by atoms with van der Waals surface area (Å²) in [5.74, 6) is -0.563. The van der Waals surface area contributed by atoms with Gasteiger partial charge < -0.3 is 0 Å². The van der Waals surface area contributed by atoms with Gasteiger partial charge in [-0.2, -0.15) is 0 Å². The second-order valence-corrected chi connectivity index (χ2v) is 8.41. The largest absolute Gasteiger partial charge is 0.437 e. The first kappa shape index (κ1) is 22.0. The highest BCUT2D eigenvalue weighted by molar-refractivity contribution is 6.51. The molecule has 1 N–H and O–H groups in total. The number of carbonyl (C=O) groups is 2. The lowest BCUT2D eigenvalue weighted by Crippen LogP contribution is -2.52. The molecule has 0 saturated carbocycles. The first-order valence-corrected chi connectivity index (χ1v) is 9.63. The smallest absolute Gasteiger partial charge is 0.297 e. The summed E-state index contributed by atoms with van der Waals surface area (Å²) >= 11 is 25.0. The van der Waals surface area contributed by atoms with Crippen LogP contribution in [0.5, 0.6) is 0 Å². The lowest BCUT2D eigenvalue weighted by molar-refractivity contribution is -0.118. The van der Waals surface area contributed by atoms with Crippen molar-refractivity contribution in [1.82, 2.24) is 0 Å². The van der Waals surface area contributed by atoms with Gasteiger partial charge in [0.05, 0.1) is 10.7 Å². The summed E-state index contributed by atoms with van der Waals surface area (Å²) in [5, 5.41) is 6.05. The Labute approximate surface area is 177 Å². The van der Waals surface area contributed by atoms with E-state index in [9.17, 15) is 9.59 Å². The van der Waals surface area contributed by atoms with Crippen LogP contribution in [0.4, 0.5) is 10.5 Å². The van der Waals surface area contributed by atoms with Crippen molar-refractivity contribution in [3.63, 3.8) is 0 Å². The Balaban J connectivity index is 2.21. The van der Waals surface area contributed by atoms with Crippen LogP contribution in [0.3, 0.4) is 0 Å². The van der Waals surface area contributed by atoms with E-state index in [0.29, 0.717) is 15.6 Å². The van der Waals surface area contributed by atoms with Gasteiger partial charge in [0, 0.05) is 5.02 Å². The van der Waals surface area contributed by atoms with Crippen LogP contribution < -0.4 is 5.32 Å². The molecule has 5 nitrogen and oxygen atoms in total. The number of halogens is 4. The zero-order chi connectivity index (χ0) is 20.5. The van der Waals surface area contributed by atoms with Gasteiger partial charge in [0.2, 0.25) is 0 Å². The first-order valence-electron chi connectivity index (χ1n) is 8.06. The van der Waals surface area contributed by atoms with Crippen LogP contribution >= 0.6 is 46.4 Å². The molecule has 1 amide bonds. The van der Waals surface area contributed by atoms with Crippen LogP contribution in [-0.2, 0) is 9.63 Å². The molecule has 1 aromatic rings. The van der Waals surface area contributed by atoms with E-state index in [4.69, 9.17) is 51.2 Å². The van der Waals surface area contributed by atoms with E-state index in [1.165, 1.54) is 12.1 Å². The average Bonchev–Trinajstić information content (AvgIpc) is 2.57. The van der Waals surface area contributed by atoms with Gasteiger partial charge in [0.15, 0.2) is 5.78 Å². The third kappa shape index (κ3) is 4.43. The molecule has 9 heteroatoms. The standard InChI is InChI=1S/C18H18Cl4N2O3/c1-8(2)18(22)14(25)6-10(4)15(16(18)21)24-27-17(26)23-13-7-11(19)9(3)5-12(13)20/h5-8,16H,1-4H3,(H,23,26). The zero-order valence-electron chi connectivity index (χ0n) is 15.1. The fourth-order valence-corrected chi connectivity index (χ4v) is 3.72. The SMILES string of the molecule is CC1=CC(=O)C(Cl)(C(C)C)C(Cl)C1=NOC(=O)Nc1cc(Cl)c(C)cc1Cl. The molecule has 0 saturated heterocycles. The molecule has 0 fully saturated rings. The van der Waals surface area contributed by atoms with E-state index in [2.05, 4.69) is 10.5 Å². The van der Waals surface area contributed by atoms with E-state index >= 15 is 0 Å². The molecule has 0 bridgehead atoms. The van der Waals surface area contributed by atoms with Gasteiger partial charge >= 0.3 is 6.09 Å². The van der Waals surface area contributed by atoms with Crippen LogP contribution in [0.25, 0.3) is 0 Å². The molecule has 0 aromatic heterocycles. The van der Waals surface area contributed by atoms with E-state index in [1.54, 1.807) is 33.8 Å². The second-order valence-electron chi connectivity index (χ2n) is 6.54. The molecular weight excluding hydrogens is 434 g/mol. The van der Waals surface area contributed by atoms with Crippen LogP contribution in [-0.4, -0.2) is 27.8 Å². The molecule has 1 aliphatic rings. The Morgan fingerprint density at radius 2 is 1.89 bits per heavy atom. The van der Waals surface area contributed by atoms with Gasteiger partial charge in [-0.05, 0) is 49.1 Å². The van der Waals surface area contributed by atoms with E-state index in [0.717, 1.165) is 5.56 Å². The number of hydrogen-bond donors (Lipinski definition) is 1. The number of alkyl halides is 2. The topological polar surface area (TPSA) is 67.8 Å². The quantitative estimate of drug-likeness (QED) is 0.349. The van der Waals surface area contributed by atoms with Crippen molar-refractivity contribution < 1.29 is 14.4 Å². The molecule has 2 unspecified atom stereocenters. The van der Waals surface area contributed by atoms with Gasteiger partial charge in [-0.15, -0.1) is 23.2 Å². The summed E-state index contributed by atoms with van der Waals surface area (Å²) in [6, 6.07) is 3.12.